The smallest absolute Gasteiger partial charge is 0.244 e. The lowest BCUT2D eigenvalue weighted by Crippen LogP contribution is -2.53. The molecular weight excluding hydrogens is 628 g/mol. The fraction of sp³-hybridized carbons (Fsp3) is 0.310. The number of nitrogens with zero attached hydrogens (tertiary/aromatic N) is 2. The number of carbonyl (C=O) groups excluding carboxylic acids is 2. The third kappa shape index (κ3) is 9.51. The summed E-state index contributed by atoms with van der Waals surface area (Å²) >= 11 is 24.8. The maximum atomic E-state index is 14.1. The molecule has 3 aromatic carbocycles. The normalized spacial score (nSPS) is 12.2. The number of nitrogens with one attached hydrogen (secondary N) is 1. The van der Waals surface area contributed by atoms with Crippen molar-refractivity contribution in [3.05, 3.63) is 97.9 Å². The summed E-state index contributed by atoms with van der Waals surface area (Å²) in [4.78, 5) is 29.1. The van der Waals surface area contributed by atoms with Gasteiger partial charge in [-0.15, -0.1) is 0 Å². The fourth-order valence-electron chi connectivity index (χ4n) is 4.08. The van der Waals surface area contributed by atoms with E-state index in [9.17, 15) is 18.0 Å². The zero-order valence-electron chi connectivity index (χ0n) is 22.8. The van der Waals surface area contributed by atoms with E-state index in [1.165, 1.54) is 23.1 Å². The highest BCUT2D eigenvalue weighted by molar-refractivity contribution is 7.92. The Morgan fingerprint density at radius 3 is 2.12 bits per heavy atom. The molecule has 0 aliphatic rings. The number of hydrogen-bond donors (Lipinski definition) is 1. The predicted octanol–water partition coefficient (Wildman–Crippen LogP) is 6.48. The molecule has 220 valence electrons. The standard InChI is InChI=1S/C29H31Cl4N3O4S/c1-19(2)16-34-29(38)27(14-20-7-5-4-6-8-20)35(17-21-9-11-23(31)25(33)13-21)28(37)18-36(41(3,39)40)26-15-22(30)10-12-24(26)32/h4-13,15,19,27H,14,16-18H2,1-3H3,(H,34,38). The molecule has 1 atom stereocenters. The number of benzene rings is 3. The van der Waals surface area contributed by atoms with Crippen LogP contribution >= 0.6 is 46.4 Å². The Hall–Kier alpha value is -2.49. The molecule has 0 saturated carbocycles. The molecule has 0 bridgehead atoms. The highest BCUT2D eigenvalue weighted by atomic mass is 35.5. The van der Waals surface area contributed by atoms with Gasteiger partial charge >= 0.3 is 0 Å². The summed E-state index contributed by atoms with van der Waals surface area (Å²) in [6, 6.07) is 17.5. The van der Waals surface area contributed by atoms with Crippen molar-refractivity contribution in [2.75, 3.05) is 23.7 Å². The Morgan fingerprint density at radius 2 is 1.51 bits per heavy atom. The second-order valence-electron chi connectivity index (χ2n) is 9.98. The fourth-order valence-corrected chi connectivity index (χ4v) is 5.69. The van der Waals surface area contributed by atoms with Crippen LogP contribution in [0.1, 0.15) is 25.0 Å². The van der Waals surface area contributed by atoms with Crippen molar-refractivity contribution >= 4 is 73.9 Å². The summed E-state index contributed by atoms with van der Waals surface area (Å²) < 4.78 is 26.7. The van der Waals surface area contributed by atoms with Gasteiger partial charge in [0.1, 0.15) is 12.6 Å². The molecule has 0 aliphatic carbocycles. The van der Waals surface area contributed by atoms with Crippen LogP contribution in [0, 0.1) is 5.92 Å². The molecule has 0 saturated heterocycles. The van der Waals surface area contributed by atoms with Crippen LogP contribution < -0.4 is 9.62 Å². The van der Waals surface area contributed by atoms with Gasteiger partial charge in [0.05, 0.1) is 27.0 Å². The van der Waals surface area contributed by atoms with E-state index in [1.807, 2.05) is 44.2 Å². The Balaban J connectivity index is 2.09. The van der Waals surface area contributed by atoms with Gasteiger partial charge in [0.15, 0.2) is 0 Å². The van der Waals surface area contributed by atoms with Crippen LogP contribution in [-0.2, 0) is 32.6 Å². The molecule has 0 fully saturated rings. The minimum Gasteiger partial charge on any atom is -0.354 e. The van der Waals surface area contributed by atoms with E-state index in [-0.39, 0.29) is 45.5 Å². The first-order valence-electron chi connectivity index (χ1n) is 12.7. The maximum Gasteiger partial charge on any atom is 0.244 e. The second kappa shape index (κ2) is 14.6. The average Bonchev–Trinajstić information content (AvgIpc) is 2.91. The molecule has 0 aliphatic heterocycles. The van der Waals surface area contributed by atoms with Gasteiger partial charge in [0.2, 0.25) is 21.8 Å². The summed E-state index contributed by atoms with van der Waals surface area (Å²) in [6.45, 7) is 3.66. The number of sulfonamides is 1. The lowest BCUT2D eigenvalue weighted by Gasteiger charge is -2.34. The largest absolute Gasteiger partial charge is 0.354 e. The number of rotatable bonds is 12. The van der Waals surface area contributed by atoms with E-state index in [0.29, 0.717) is 17.1 Å². The van der Waals surface area contributed by atoms with E-state index in [1.54, 1.807) is 18.2 Å². The molecule has 41 heavy (non-hydrogen) atoms. The zero-order valence-corrected chi connectivity index (χ0v) is 26.6. The number of amides is 2. The van der Waals surface area contributed by atoms with Gasteiger partial charge in [-0.25, -0.2) is 8.42 Å². The van der Waals surface area contributed by atoms with Gasteiger partial charge in [0, 0.05) is 24.5 Å². The lowest BCUT2D eigenvalue weighted by atomic mass is 10.0. The Morgan fingerprint density at radius 1 is 0.854 bits per heavy atom. The third-order valence-corrected chi connectivity index (χ3v) is 8.57. The first kappa shape index (κ1) is 33.0. The van der Waals surface area contributed by atoms with E-state index >= 15 is 0 Å². The number of carbonyl (C=O) groups is 2. The summed E-state index contributed by atoms with van der Waals surface area (Å²) in [5.41, 5.74) is 1.48. The van der Waals surface area contributed by atoms with Gasteiger partial charge in [-0.05, 0) is 47.4 Å². The third-order valence-electron chi connectivity index (χ3n) is 6.15. The average molecular weight is 659 g/mol. The maximum absolute atomic E-state index is 14.1. The molecule has 7 nitrogen and oxygen atoms in total. The van der Waals surface area contributed by atoms with Crippen LogP contribution in [-0.4, -0.2) is 50.5 Å². The van der Waals surface area contributed by atoms with Crippen LogP contribution in [0.2, 0.25) is 20.1 Å². The minimum absolute atomic E-state index is 0.0385. The second-order valence-corrected chi connectivity index (χ2v) is 13.5. The number of anilines is 1. The SMILES string of the molecule is CC(C)CNC(=O)C(Cc1ccccc1)N(Cc1ccc(Cl)c(Cl)c1)C(=O)CN(c1cc(Cl)ccc1Cl)S(C)(=O)=O. The van der Waals surface area contributed by atoms with E-state index in [4.69, 9.17) is 46.4 Å². The van der Waals surface area contributed by atoms with Gasteiger partial charge in [-0.1, -0.05) is 96.6 Å². The number of halogens is 4. The minimum atomic E-state index is -3.99. The molecule has 0 radical (unpaired) electrons. The summed E-state index contributed by atoms with van der Waals surface area (Å²) in [5.74, 6) is -0.831. The molecule has 2 amide bonds. The molecule has 0 spiro atoms. The van der Waals surface area contributed by atoms with Gasteiger partial charge in [0.25, 0.3) is 0 Å². The molecule has 0 aromatic heterocycles. The lowest BCUT2D eigenvalue weighted by molar-refractivity contribution is -0.140. The molecule has 1 N–H and O–H groups in total. The van der Waals surface area contributed by atoms with E-state index in [0.717, 1.165) is 16.1 Å². The zero-order chi connectivity index (χ0) is 30.3. The monoisotopic (exact) mass is 657 g/mol. The van der Waals surface area contributed by atoms with Gasteiger partial charge in [-0.2, -0.15) is 0 Å². The summed E-state index contributed by atoms with van der Waals surface area (Å²) in [5, 5.41) is 3.88. The highest BCUT2D eigenvalue weighted by Gasteiger charge is 2.33. The van der Waals surface area contributed by atoms with Crippen LogP contribution in [0.4, 0.5) is 5.69 Å². The molecule has 1 unspecified atom stereocenters. The predicted molar refractivity (Wildman–Crippen MR) is 167 cm³/mol. The Bertz CT molecular complexity index is 1490. The van der Waals surface area contributed by atoms with Gasteiger partial charge < -0.3 is 10.2 Å². The van der Waals surface area contributed by atoms with Crippen molar-refractivity contribution in [1.82, 2.24) is 10.2 Å². The van der Waals surface area contributed by atoms with Crippen LogP contribution in [0.25, 0.3) is 0 Å². The van der Waals surface area contributed by atoms with Crippen molar-refractivity contribution in [1.29, 1.82) is 0 Å². The van der Waals surface area contributed by atoms with Crippen LogP contribution in [0.3, 0.4) is 0 Å². The van der Waals surface area contributed by atoms with E-state index < -0.39 is 28.5 Å². The van der Waals surface area contributed by atoms with Crippen molar-refractivity contribution < 1.29 is 18.0 Å². The van der Waals surface area contributed by atoms with Crippen molar-refractivity contribution in [2.24, 2.45) is 5.92 Å². The summed E-state index contributed by atoms with van der Waals surface area (Å²) in [6.07, 6.45) is 1.16. The first-order valence-corrected chi connectivity index (χ1v) is 16.1. The molecule has 3 aromatic rings. The first-order chi connectivity index (χ1) is 19.3. The topological polar surface area (TPSA) is 86.8 Å². The molecule has 0 heterocycles. The van der Waals surface area contributed by atoms with E-state index in [2.05, 4.69) is 5.32 Å². The molecule has 3 rings (SSSR count). The highest BCUT2D eigenvalue weighted by Crippen LogP contribution is 2.31. The quantitative estimate of drug-likeness (QED) is 0.241. The van der Waals surface area contributed by atoms with Crippen molar-refractivity contribution in [3.63, 3.8) is 0 Å². The molecular formula is C29H31Cl4N3O4S. The van der Waals surface area contributed by atoms with Crippen LogP contribution in [0.15, 0.2) is 66.7 Å². The van der Waals surface area contributed by atoms with Crippen molar-refractivity contribution in [2.45, 2.75) is 32.9 Å². The van der Waals surface area contributed by atoms with Gasteiger partial charge in [-0.3, -0.25) is 13.9 Å². The van der Waals surface area contributed by atoms with Crippen LogP contribution in [0.5, 0.6) is 0 Å². The van der Waals surface area contributed by atoms with Crippen molar-refractivity contribution in [3.8, 4) is 0 Å². The number of hydrogen-bond acceptors (Lipinski definition) is 4. The Kier molecular flexibility index (Phi) is 11.8. The Labute approximate surface area is 261 Å². The molecule has 12 heteroatoms. The summed E-state index contributed by atoms with van der Waals surface area (Å²) in [7, 11) is -3.99.